The summed E-state index contributed by atoms with van der Waals surface area (Å²) in [6, 6.07) is 12.7. The first-order valence-electron chi connectivity index (χ1n) is 7.42. The Bertz CT molecular complexity index is 663. The largest absolute Gasteiger partial charge is 0.398 e. The van der Waals surface area contributed by atoms with Crippen LogP contribution in [0.5, 0.6) is 0 Å². The predicted octanol–water partition coefficient (Wildman–Crippen LogP) is 3.20. The molecule has 3 rings (SSSR count). The van der Waals surface area contributed by atoms with Gasteiger partial charge in [0.15, 0.2) is 0 Å². The van der Waals surface area contributed by atoms with Crippen molar-refractivity contribution in [1.82, 2.24) is 4.90 Å². The summed E-state index contributed by atoms with van der Waals surface area (Å²) in [7, 11) is 1.75. The molecule has 0 radical (unpaired) electrons. The fourth-order valence-electron chi connectivity index (χ4n) is 2.90. The van der Waals surface area contributed by atoms with Gasteiger partial charge < -0.3 is 10.5 Å². The van der Waals surface area contributed by atoms with E-state index in [0.717, 1.165) is 38.3 Å². The smallest absolute Gasteiger partial charge is 0.0673 e. The Morgan fingerprint density at radius 3 is 2.62 bits per heavy atom. The third kappa shape index (κ3) is 3.26. The quantitative estimate of drug-likeness (QED) is 0.691. The van der Waals surface area contributed by atoms with Gasteiger partial charge in [-0.3, -0.25) is 4.90 Å². The van der Waals surface area contributed by atoms with Gasteiger partial charge in [-0.25, -0.2) is 0 Å². The van der Waals surface area contributed by atoms with E-state index < -0.39 is 0 Å². The van der Waals surface area contributed by atoms with Crippen LogP contribution in [-0.4, -0.2) is 31.7 Å². The van der Waals surface area contributed by atoms with Crippen molar-refractivity contribution in [3.05, 3.63) is 53.6 Å². The maximum absolute atomic E-state index is 6.22. The lowest BCUT2D eigenvalue weighted by atomic mass is 10.0. The first-order chi connectivity index (χ1) is 10.3. The third-order valence-corrected chi connectivity index (χ3v) is 4.12. The first kappa shape index (κ1) is 14.1. The Labute approximate surface area is 126 Å². The zero-order valence-corrected chi connectivity index (χ0v) is 12.5. The molecular weight excluding hydrogens is 260 g/mol. The highest BCUT2D eigenvalue weighted by Gasteiger charge is 2.13. The fraction of sp³-hybridized carbons (Fsp3) is 0.333. The van der Waals surface area contributed by atoms with Crippen molar-refractivity contribution in [3.63, 3.8) is 0 Å². The van der Waals surface area contributed by atoms with Crippen molar-refractivity contribution in [3.8, 4) is 0 Å². The number of rotatable bonds is 4. The third-order valence-electron chi connectivity index (χ3n) is 4.12. The monoisotopic (exact) mass is 282 g/mol. The van der Waals surface area contributed by atoms with Gasteiger partial charge in [0, 0.05) is 32.4 Å². The molecule has 0 atom stereocenters. The Kier molecular flexibility index (Phi) is 4.23. The maximum atomic E-state index is 6.22. The van der Waals surface area contributed by atoms with Gasteiger partial charge in [0.1, 0.15) is 0 Å². The predicted molar refractivity (Wildman–Crippen MR) is 88.2 cm³/mol. The minimum Gasteiger partial charge on any atom is -0.398 e. The van der Waals surface area contributed by atoms with E-state index in [9.17, 15) is 0 Å². The van der Waals surface area contributed by atoms with Crippen molar-refractivity contribution >= 4 is 16.5 Å². The molecule has 0 bridgehead atoms. The fourth-order valence-corrected chi connectivity index (χ4v) is 2.90. The van der Waals surface area contributed by atoms with Crippen LogP contribution in [0.4, 0.5) is 5.69 Å². The Morgan fingerprint density at radius 1 is 1.19 bits per heavy atom. The number of anilines is 1. The number of ether oxygens (including phenoxy) is 1. The summed E-state index contributed by atoms with van der Waals surface area (Å²) >= 11 is 0. The molecule has 1 heterocycles. The highest BCUT2D eigenvalue weighted by molar-refractivity contribution is 5.86. The normalized spacial score (nSPS) is 16.1. The number of nitrogens with two attached hydrogens (primary N) is 1. The molecule has 0 fully saturated rings. The average molecular weight is 282 g/mol. The summed E-state index contributed by atoms with van der Waals surface area (Å²) in [5.74, 6) is 0. The zero-order valence-electron chi connectivity index (χ0n) is 12.5. The SMILES string of the molecule is COCC1=CCN(Cc2cc3ccccc3cc2N)CC1. The first-order valence-corrected chi connectivity index (χ1v) is 7.42. The number of fused-ring (bicyclic) bond motifs is 1. The van der Waals surface area contributed by atoms with Gasteiger partial charge in [-0.05, 0) is 40.5 Å². The highest BCUT2D eigenvalue weighted by Crippen LogP contribution is 2.24. The molecule has 2 N–H and O–H groups in total. The number of benzene rings is 2. The molecular formula is C18H22N2O. The summed E-state index contributed by atoms with van der Waals surface area (Å²) in [6.45, 7) is 3.71. The van der Waals surface area contributed by atoms with Gasteiger partial charge in [0.2, 0.25) is 0 Å². The molecule has 2 aromatic carbocycles. The zero-order chi connectivity index (χ0) is 14.7. The molecule has 0 aromatic heterocycles. The summed E-state index contributed by atoms with van der Waals surface area (Å²) in [5.41, 5.74) is 9.73. The lowest BCUT2D eigenvalue weighted by Crippen LogP contribution is -2.29. The van der Waals surface area contributed by atoms with Gasteiger partial charge in [-0.2, -0.15) is 0 Å². The summed E-state index contributed by atoms with van der Waals surface area (Å²) in [6.07, 6.45) is 3.37. The standard InChI is InChI=1S/C18H22N2O/c1-21-13-14-6-8-20(9-7-14)12-17-10-15-4-2-3-5-16(15)11-18(17)19/h2-6,10-11H,7-9,12-13,19H2,1H3. The van der Waals surface area contributed by atoms with E-state index in [2.05, 4.69) is 41.3 Å². The summed E-state index contributed by atoms with van der Waals surface area (Å²) in [4.78, 5) is 2.43. The van der Waals surface area contributed by atoms with Gasteiger partial charge in [-0.15, -0.1) is 0 Å². The molecule has 1 aliphatic heterocycles. The van der Waals surface area contributed by atoms with Crippen LogP contribution in [0.2, 0.25) is 0 Å². The van der Waals surface area contributed by atoms with Crippen LogP contribution >= 0.6 is 0 Å². The van der Waals surface area contributed by atoms with Crippen LogP contribution in [-0.2, 0) is 11.3 Å². The van der Waals surface area contributed by atoms with E-state index in [4.69, 9.17) is 10.5 Å². The topological polar surface area (TPSA) is 38.5 Å². The number of hydrogen-bond acceptors (Lipinski definition) is 3. The van der Waals surface area contributed by atoms with Crippen LogP contribution in [0.15, 0.2) is 48.0 Å². The molecule has 2 aromatic rings. The van der Waals surface area contributed by atoms with E-state index in [1.54, 1.807) is 7.11 Å². The molecule has 0 aliphatic carbocycles. The van der Waals surface area contributed by atoms with Crippen LogP contribution in [0, 0.1) is 0 Å². The van der Waals surface area contributed by atoms with E-state index in [1.165, 1.54) is 21.9 Å². The van der Waals surface area contributed by atoms with E-state index in [0.29, 0.717) is 0 Å². The number of hydrogen-bond donors (Lipinski definition) is 1. The molecule has 21 heavy (non-hydrogen) atoms. The van der Waals surface area contributed by atoms with Gasteiger partial charge in [-0.1, -0.05) is 30.3 Å². The Balaban J connectivity index is 1.75. The van der Waals surface area contributed by atoms with Crippen molar-refractivity contribution in [2.75, 3.05) is 32.5 Å². The van der Waals surface area contributed by atoms with Crippen molar-refractivity contribution < 1.29 is 4.74 Å². The van der Waals surface area contributed by atoms with Crippen LogP contribution < -0.4 is 5.73 Å². The van der Waals surface area contributed by atoms with E-state index >= 15 is 0 Å². The van der Waals surface area contributed by atoms with Gasteiger partial charge in [0.25, 0.3) is 0 Å². The number of methoxy groups -OCH3 is 1. The maximum Gasteiger partial charge on any atom is 0.0673 e. The minimum absolute atomic E-state index is 0.756. The molecule has 110 valence electrons. The minimum atomic E-state index is 0.756. The molecule has 0 unspecified atom stereocenters. The lowest BCUT2D eigenvalue weighted by molar-refractivity contribution is 0.210. The second kappa shape index (κ2) is 6.29. The van der Waals surface area contributed by atoms with Gasteiger partial charge in [0.05, 0.1) is 6.61 Å². The van der Waals surface area contributed by atoms with Crippen molar-refractivity contribution in [1.29, 1.82) is 0 Å². The molecule has 0 saturated carbocycles. The van der Waals surface area contributed by atoms with Crippen LogP contribution in [0.1, 0.15) is 12.0 Å². The molecule has 0 spiro atoms. The lowest BCUT2D eigenvalue weighted by Gasteiger charge is -2.26. The molecule has 3 nitrogen and oxygen atoms in total. The van der Waals surface area contributed by atoms with Crippen molar-refractivity contribution in [2.24, 2.45) is 0 Å². The average Bonchev–Trinajstić information content (AvgIpc) is 2.50. The van der Waals surface area contributed by atoms with Crippen LogP contribution in [0.3, 0.4) is 0 Å². The van der Waals surface area contributed by atoms with Crippen LogP contribution in [0.25, 0.3) is 10.8 Å². The molecule has 0 amide bonds. The second-order valence-electron chi connectivity index (χ2n) is 5.68. The summed E-state index contributed by atoms with van der Waals surface area (Å²) < 4.78 is 5.20. The molecule has 1 aliphatic rings. The van der Waals surface area contributed by atoms with E-state index in [-0.39, 0.29) is 0 Å². The number of nitrogens with zero attached hydrogens (tertiary/aromatic N) is 1. The molecule has 0 saturated heterocycles. The van der Waals surface area contributed by atoms with Crippen molar-refractivity contribution in [2.45, 2.75) is 13.0 Å². The number of nitrogen functional groups attached to an aromatic ring is 1. The van der Waals surface area contributed by atoms with Gasteiger partial charge >= 0.3 is 0 Å². The Hall–Kier alpha value is -1.84. The Morgan fingerprint density at radius 2 is 1.95 bits per heavy atom. The highest BCUT2D eigenvalue weighted by atomic mass is 16.5. The molecule has 3 heteroatoms. The van der Waals surface area contributed by atoms with E-state index in [1.807, 2.05) is 6.07 Å². The summed E-state index contributed by atoms with van der Waals surface area (Å²) in [5, 5.41) is 2.47. The second-order valence-corrected chi connectivity index (χ2v) is 5.68.